The molecule has 0 aliphatic carbocycles. The summed E-state index contributed by atoms with van der Waals surface area (Å²) in [5.74, 6) is 0.479. The molecule has 1 aromatic carbocycles. The van der Waals surface area contributed by atoms with Crippen LogP contribution in [0, 0.1) is 13.8 Å². The molecule has 30 heavy (non-hydrogen) atoms. The van der Waals surface area contributed by atoms with Crippen molar-refractivity contribution in [2.24, 2.45) is 0 Å². The molecule has 0 spiro atoms. The van der Waals surface area contributed by atoms with Crippen LogP contribution < -0.4 is 0 Å². The van der Waals surface area contributed by atoms with Crippen molar-refractivity contribution in [2.45, 2.75) is 33.1 Å². The molecule has 1 atom stereocenters. The molecule has 2 aliphatic rings. The Morgan fingerprint density at radius 1 is 1.20 bits per heavy atom. The van der Waals surface area contributed by atoms with Crippen molar-refractivity contribution in [3.63, 3.8) is 0 Å². The lowest BCUT2D eigenvalue weighted by Crippen LogP contribution is -2.38. The molecule has 4 heterocycles. The zero-order valence-corrected chi connectivity index (χ0v) is 17.0. The maximum Gasteiger partial charge on any atom is 0.338 e. The first-order chi connectivity index (χ1) is 14.6. The average Bonchev–Trinajstić information content (AvgIpc) is 3.36. The minimum atomic E-state index is -0.235. The molecule has 0 radical (unpaired) electrons. The molecular formula is C22H23N5O3. The van der Waals surface area contributed by atoms with E-state index in [1.165, 1.54) is 0 Å². The number of aryl methyl sites for hydroxylation is 1. The fraction of sp³-hybridized carbons (Fsp3) is 0.364. The fourth-order valence-corrected chi connectivity index (χ4v) is 4.14. The van der Waals surface area contributed by atoms with Crippen LogP contribution in [-0.4, -0.2) is 50.3 Å². The SMILES string of the molecule is Cc1cncc(-n2cc(CN3CCOC(c4ccc5c(c4C)COC5=O)C3)cn2)n1. The first-order valence-corrected chi connectivity index (χ1v) is 10.0. The van der Waals surface area contributed by atoms with Crippen LogP contribution in [0.2, 0.25) is 0 Å². The third-order valence-electron chi connectivity index (χ3n) is 5.72. The van der Waals surface area contributed by atoms with Gasteiger partial charge in [0.1, 0.15) is 6.61 Å². The van der Waals surface area contributed by atoms with Crippen LogP contribution in [-0.2, 0) is 22.6 Å². The number of morpholine rings is 1. The number of aromatic nitrogens is 4. The highest BCUT2D eigenvalue weighted by Gasteiger charge is 2.29. The van der Waals surface area contributed by atoms with Crippen molar-refractivity contribution in [2.75, 3.05) is 19.7 Å². The summed E-state index contributed by atoms with van der Waals surface area (Å²) in [5, 5.41) is 4.44. The van der Waals surface area contributed by atoms with Crippen LogP contribution in [0.15, 0.2) is 36.9 Å². The molecule has 1 unspecified atom stereocenters. The van der Waals surface area contributed by atoms with Gasteiger partial charge in [-0.3, -0.25) is 9.88 Å². The zero-order chi connectivity index (χ0) is 20.7. The predicted octanol–water partition coefficient (Wildman–Crippen LogP) is 2.52. The standard InChI is InChI=1S/C22H23N5O3/c1-14-7-23-9-21(25-14)27-11-16(8-24-27)10-26-5-6-29-20(12-26)17-3-4-18-19(15(17)2)13-30-22(18)28/h3-4,7-9,11,20H,5-6,10,12-13H2,1-2H3. The van der Waals surface area contributed by atoms with Crippen LogP contribution in [0.5, 0.6) is 0 Å². The Kier molecular flexibility index (Phi) is 4.80. The van der Waals surface area contributed by atoms with E-state index < -0.39 is 0 Å². The highest BCUT2D eigenvalue weighted by atomic mass is 16.5. The minimum Gasteiger partial charge on any atom is -0.457 e. The Labute approximate surface area is 174 Å². The lowest BCUT2D eigenvalue weighted by Gasteiger charge is -2.33. The molecule has 1 fully saturated rings. The van der Waals surface area contributed by atoms with Gasteiger partial charge in [-0.2, -0.15) is 5.10 Å². The third kappa shape index (κ3) is 3.48. The lowest BCUT2D eigenvalue weighted by molar-refractivity contribution is -0.0332. The number of carbonyl (C=O) groups excluding carboxylic acids is 1. The molecule has 3 aromatic rings. The molecule has 8 nitrogen and oxygen atoms in total. The topological polar surface area (TPSA) is 82.4 Å². The zero-order valence-electron chi connectivity index (χ0n) is 17.0. The number of carbonyl (C=O) groups is 1. The molecule has 2 aromatic heterocycles. The second-order valence-corrected chi connectivity index (χ2v) is 7.79. The van der Waals surface area contributed by atoms with Gasteiger partial charge in [-0.25, -0.2) is 14.5 Å². The maximum absolute atomic E-state index is 11.8. The molecule has 154 valence electrons. The largest absolute Gasteiger partial charge is 0.457 e. The van der Waals surface area contributed by atoms with E-state index in [2.05, 4.69) is 20.0 Å². The number of nitrogens with zero attached hydrogens (tertiary/aromatic N) is 5. The number of esters is 1. The number of ether oxygens (including phenoxy) is 2. The summed E-state index contributed by atoms with van der Waals surface area (Å²) in [7, 11) is 0. The second kappa shape index (κ2) is 7.62. The van der Waals surface area contributed by atoms with E-state index in [4.69, 9.17) is 9.47 Å². The van der Waals surface area contributed by atoms with Gasteiger partial charge in [-0.15, -0.1) is 0 Å². The average molecular weight is 405 g/mol. The quantitative estimate of drug-likeness (QED) is 0.617. The van der Waals surface area contributed by atoms with Crippen molar-refractivity contribution in [1.29, 1.82) is 0 Å². The van der Waals surface area contributed by atoms with Gasteiger partial charge < -0.3 is 9.47 Å². The summed E-state index contributed by atoms with van der Waals surface area (Å²) >= 11 is 0. The van der Waals surface area contributed by atoms with Gasteiger partial charge in [-0.05, 0) is 31.0 Å². The summed E-state index contributed by atoms with van der Waals surface area (Å²) < 4.78 is 13.0. The monoisotopic (exact) mass is 405 g/mol. The number of rotatable bonds is 4. The van der Waals surface area contributed by atoms with Crippen molar-refractivity contribution in [3.05, 3.63) is 70.4 Å². The highest BCUT2D eigenvalue weighted by molar-refractivity contribution is 5.93. The van der Waals surface area contributed by atoms with Gasteiger partial charge >= 0.3 is 5.97 Å². The van der Waals surface area contributed by atoms with Gasteiger partial charge in [-0.1, -0.05) is 6.07 Å². The predicted molar refractivity (Wildman–Crippen MR) is 108 cm³/mol. The van der Waals surface area contributed by atoms with Gasteiger partial charge in [0, 0.05) is 43.2 Å². The molecule has 8 heteroatoms. The van der Waals surface area contributed by atoms with Crippen molar-refractivity contribution in [3.8, 4) is 5.82 Å². The summed E-state index contributed by atoms with van der Waals surface area (Å²) in [6, 6.07) is 3.87. The third-order valence-corrected chi connectivity index (χ3v) is 5.72. The van der Waals surface area contributed by atoms with Gasteiger partial charge in [0.2, 0.25) is 0 Å². The summed E-state index contributed by atoms with van der Waals surface area (Å²) in [6.45, 7) is 7.40. The van der Waals surface area contributed by atoms with Crippen molar-refractivity contribution in [1.82, 2.24) is 24.6 Å². The lowest BCUT2D eigenvalue weighted by atomic mass is 9.94. The van der Waals surface area contributed by atoms with Gasteiger partial charge in [0.05, 0.1) is 36.4 Å². The first-order valence-electron chi connectivity index (χ1n) is 10.0. The Balaban J connectivity index is 1.31. The van der Waals surface area contributed by atoms with Crippen molar-refractivity contribution < 1.29 is 14.3 Å². The number of hydrogen-bond acceptors (Lipinski definition) is 7. The van der Waals surface area contributed by atoms with Gasteiger partial charge in [0.25, 0.3) is 0 Å². The maximum atomic E-state index is 11.8. The number of hydrogen-bond donors (Lipinski definition) is 0. The molecule has 0 amide bonds. The Morgan fingerprint density at radius 2 is 2.10 bits per heavy atom. The molecule has 0 saturated carbocycles. The Morgan fingerprint density at radius 3 is 2.97 bits per heavy atom. The van der Waals surface area contributed by atoms with Crippen LogP contribution in [0.4, 0.5) is 0 Å². The van der Waals surface area contributed by atoms with E-state index in [0.29, 0.717) is 24.6 Å². The van der Waals surface area contributed by atoms with Crippen LogP contribution in [0.3, 0.4) is 0 Å². The van der Waals surface area contributed by atoms with Crippen LogP contribution in [0.1, 0.15) is 44.4 Å². The summed E-state index contributed by atoms with van der Waals surface area (Å²) in [4.78, 5) is 22.8. The van der Waals surface area contributed by atoms with E-state index in [0.717, 1.165) is 47.6 Å². The number of fused-ring (bicyclic) bond motifs is 1. The normalized spacial score (nSPS) is 19.0. The van der Waals surface area contributed by atoms with E-state index >= 15 is 0 Å². The summed E-state index contributed by atoms with van der Waals surface area (Å²) in [6.07, 6.45) is 7.28. The smallest absolute Gasteiger partial charge is 0.338 e. The summed E-state index contributed by atoms with van der Waals surface area (Å²) in [5.41, 5.74) is 5.86. The van der Waals surface area contributed by atoms with E-state index in [9.17, 15) is 4.79 Å². The minimum absolute atomic E-state index is 0.0302. The number of benzene rings is 1. The van der Waals surface area contributed by atoms with Crippen LogP contribution in [0.25, 0.3) is 5.82 Å². The Hall–Kier alpha value is -3.10. The van der Waals surface area contributed by atoms with Gasteiger partial charge in [0.15, 0.2) is 5.82 Å². The van der Waals surface area contributed by atoms with E-state index in [1.807, 2.05) is 38.4 Å². The Bertz CT molecular complexity index is 1110. The number of cyclic esters (lactones) is 1. The molecule has 0 bridgehead atoms. The highest BCUT2D eigenvalue weighted by Crippen LogP contribution is 2.32. The molecule has 0 N–H and O–H groups in total. The molecule has 1 saturated heterocycles. The fourth-order valence-electron chi connectivity index (χ4n) is 4.14. The van der Waals surface area contributed by atoms with E-state index in [1.54, 1.807) is 17.1 Å². The molecular weight excluding hydrogens is 382 g/mol. The second-order valence-electron chi connectivity index (χ2n) is 7.79. The van der Waals surface area contributed by atoms with E-state index in [-0.39, 0.29) is 12.1 Å². The van der Waals surface area contributed by atoms with Crippen LogP contribution >= 0.6 is 0 Å². The first kappa shape index (κ1) is 18.9. The van der Waals surface area contributed by atoms with Crippen molar-refractivity contribution >= 4 is 5.97 Å². The molecule has 5 rings (SSSR count). The molecule has 2 aliphatic heterocycles.